The van der Waals surface area contributed by atoms with Crippen LogP contribution in [0.15, 0.2) is 200 Å². The first kappa shape index (κ1) is 42.0. The lowest BCUT2D eigenvalue weighted by molar-refractivity contribution is 0.590. The maximum atomic E-state index is 2.59. The molecule has 2 nitrogen and oxygen atoms in total. The van der Waals surface area contributed by atoms with Crippen LogP contribution in [-0.4, -0.2) is 6.71 Å². The van der Waals surface area contributed by atoms with Gasteiger partial charge < -0.3 is 9.80 Å². The van der Waals surface area contributed by atoms with Crippen LogP contribution in [0.25, 0.3) is 44.5 Å². The molecule has 2 heterocycles. The maximum Gasteiger partial charge on any atom is 0.252 e. The van der Waals surface area contributed by atoms with Crippen LogP contribution < -0.4 is 26.2 Å². The van der Waals surface area contributed by atoms with E-state index in [2.05, 4.69) is 265 Å². The van der Waals surface area contributed by atoms with Crippen LogP contribution in [0.5, 0.6) is 0 Å². The van der Waals surface area contributed by atoms with Gasteiger partial charge in [-0.15, -0.1) is 0 Å². The molecule has 330 valence electrons. The van der Waals surface area contributed by atoms with Gasteiger partial charge in [0.2, 0.25) is 0 Å². The minimum absolute atomic E-state index is 0.0279. The third-order valence-corrected chi connectivity index (χ3v) is 15.2. The van der Waals surface area contributed by atoms with E-state index < -0.39 is 0 Å². The summed E-state index contributed by atoms with van der Waals surface area (Å²) < 4.78 is 0. The number of benzene rings is 9. The molecule has 3 heteroatoms. The molecule has 12 rings (SSSR count). The quantitative estimate of drug-likeness (QED) is 0.159. The zero-order valence-electron chi connectivity index (χ0n) is 40.5. The van der Waals surface area contributed by atoms with E-state index in [4.69, 9.17) is 0 Å². The predicted octanol–water partition coefficient (Wildman–Crippen LogP) is 15.7. The molecule has 68 heavy (non-hydrogen) atoms. The molecule has 2 aliphatic heterocycles. The van der Waals surface area contributed by atoms with Crippen molar-refractivity contribution in [3.8, 4) is 44.5 Å². The fourth-order valence-electron chi connectivity index (χ4n) is 11.6. The predicted molar refractivity (Wildman–Crippen MR) is 292 cm³/mol. The van der Waals surface area contributed by atoms with Gasteiger partial charge in [0.05, 0.1) is 5.69 Å². The third-order valence-electron chi connectivity index (χ3n) is 15.2. The van der Waals surface area contributed by atoms with E-state index in [1.807, 2.05) is 0 Å². The maximum absolute atomic E-state index is 2.59. The Hall–Kier alpha value is -7.36. The topological polar surface area (TPSA) is 6.48 Å². The van der Waals surface area contributed by atoms with E-state index in [1.165, 1.54) is 112 Å². The summed E-state index contributed by atoms with van der Waals surface area (Å²) in [5, 5.41) is 0. The van der Waals surface area contributed by atoms with Gasteiger partial charge in [0, 0.05) is 39.4 Å². The van der Waals surface area contributed by atoms with Gasteiger partial charge in [0.1, 0.15) is 0 Å². The first-order valence-electron chi connectivity index (χ1n) is 24.4. The molecular weight excluding hydrogens is 820 g/mol. The molecule has 0 N–H and O–H groups in total. The Morgan fingerprint density at radius 3 is 1.53 bits per heavy atom. The smallest absolute Gasteiger partial charge is 0.252 e. The Kier molecular flexibility index (Phi) is 9.48. The van der Waals surface area contributed by atoms with Crippen molar-refractivity contribution in [1.29, 1.82) is 0 Å². The van der Waals surface area contributed by atoms with Crippen molar-refractivity contribution >= 4 is 57.2 Å². The zero-order chi connectivity index (χ0) is 46.7. The van der Waals surface area contributed by atoms with E-state index in [0.29, 0.717) is 0 Å². The highest BCUT2D eigenvalue weighted by atomic mass is 15.2. The van der Waals surface area contributed by atoms with Gasteiger partial charge in [0.15, 0.2) is 0 Å². The van der Waals surface area contributed by atoms with Crippen molar-refractivity contribution in [2.45, 2.75) is 71.6 Å². The molecule has 0 fully saturated rings. The summed E-state index contributed by atoms with van der Waals surface area (Å²) in [5.74, 6) is 0. The SMILES string of the molecule is CC(C)(C)c1ccc2c(c1)N(c1ccc(-c3cccc4c3-c3ccccc3C4(C)C)cc1)c1cccc3c1B2c1ccc(C(C)(C)C)cc1N3c1ccc(-c2ccccc2)cc1-c1ccccc1. The molecule has 0 saturated carbocycles. The van der Waals surface area contributed by atoms with E-state index >= 15 is 0 Å². The van der Waals surface area contributed by atoms with Crippen molar-refractivity contribution < 1.29 is 0 Å². The molecule has 9 aromatic rings. The second kappa shape index (κ2) is 15.3. The number of rotatable bonds is 5. The summed E-state index contributed by atoms with van der Waals surface area (Å²) >= 11 is 0. The average Bonchev–Trinajstić information content (AvgIpc) is 3.59. The zero-order valence-corrected chi connectivity index (χ0v) is 40.5. The van der Waals surface area contributed by atoms with Crippen molar-refractivity contribution in [2.75, 3.05) is 9.80 Å². The first-order valence-corrected chi connectivity index (χ1v) is 24.4. The van der Waals surface area contributed by atoms with Crippen LogP contribution in [0.2, 0.25) is 0 Å². The highest BCUT2D eigenvalue weighted by Crippen LogP contribution is 2.53. The van der Waals surface area contributed by atoms with Gasteiger partial charge in [0.25, 0.3) is 6.71 Å². The molecule has 0 unspecified atom stereocenters. The summed E-state index contributed by atoms with van der Waals surface area (Å²) in [7, 11) is 0. The summed E-state index contributed by atoms with van der Waals surface area (Å²) in [6.07, 6.45) is 0. The second-order valence-electron chi connectivity index (χ2n) is 21.8. The van der Waals surface area contributed by atoms with Gasteiger partial charge >= 0.3 is 0 Å². The lowest BCUT2D eigenvalue weighted by atomic mass is 9.33. The van der Waals surface area contributed by atoms with Gasteiger partial charge in [-0.05, 0) is 137 Å². The van der Waals surface area contributed by atoms with Crippen LogP contribution in [0.1, 0.15) is 77.6 Å². The van der Waals surface area contributed by atoms with Gasteiger partial charge in [-0.2, -0.15) is 0 Å². The summed E-state index contributed by atoms with van der Waals surface area (Å²) in [6, 6.07) is 75.7. The standard InChI is InChI=1S/C65H57BN2/c1-63(2,3)46-32-36-54-59(40-46)67(48-34-29-44(30-35-48)49-24-17-26-53-61(49)50-23-15-16-25-52(50)65(53,7)8)57-27-18-28-58-62(57)66(54)55-37-33-47(64(4,5)6)41-60(55)68(58)56-38-31-45(42-19-11-9-12-20-42)39-51(56)43-21-13-10-14-22-43/h9-41H,1-8H3. The van der Waals surface area contributed by atoms with E-state index in [1.54, 1.807) is 0 Å². The molecule has 0 bridgehead atoms. The van der Waals surface area contributed by atoms with Crippen molar-refractivity contribution in [3.63, 3.8) is 0 Å². The number of hydrogen-bond acceptors (Lipinski definition) is 2. The summed E-state index contributed by atoms with van der Waals surface area (Å²) in [5.41, 5.74) is 26.5. The van der Waals surface area contributed by atoms with Crippen molar-refractivity contribution in [1.82, 2.24) is 0 Å². The molecule has 0 atom stereocenters. The minimum atomic E-state index is -0.0559. The average molecular weight is 877 g/mol. The Morgan fingerprint density at radius 2 is 0.882 bits per heavy atom. The van der Waals surface area contributed by atoms with Crippen LogP contribution in [0.4, 0.5) is 34.1 Å². The van der Waals surface area contributed by atoms with E-state index in [-0.39, 0.29) is 23.0 Å². The van der Waals surface area contributed by atoms with E-state index in [9.17, 15) is 0 Å². The lowest BCUT2D eigenvalue weighted by Gasteiger charge is -2.45. The largest absolute Gasteiger partial charge is 0.311 e. The number of nitrogens with zero attached hydrogens (tertiary/aromatic N) is 2. The summed E-state index contributed by atoms with van der Waals surface area (Å²) in [4.78, 5) is 5.14. The molecule has 0 amide bonds. The Bertz CT molecular complexity index is 3440. The monoisotopic (exact) mass is 876 g/mol. The Labute approximate surface area is 403 Å². The third kappa shape index (κ3) is 6.54. The van der Waals surface area contributed by atoms with Gasteiger partial charge in [-0.3, -0.25) is 0 Å². The minimum Gasteiger partial charge on any atom is -0.311 e. The Balaban J connectivity index is 1.09. The molecule has 9 aromatic carbocycles. The fourth-order valence-corrected chi connectivity index (χ4v) is 11.6. The first-order chi connectivity index (χ1) is 32.8. The highest BCUT2D eigenvalue weighted by Gasteiger charge is 2.44. The number of hydrogen-bond donors (Lipinski definition) is 0. The molecule has 0 saturated heterocycles. The van der Waals surface area contributed by atoms with Crippen LogP contribution in [0, 0.1) is 0 Å². The molecule has 1 aliphatic carbocycles. The lowest BCUT2D eigenvalue weighted by Crippen LogP contribution is -2.61. The van der Waals surface area contributed by atoms with Crippen molar-refractivity contribution in [2.24, 2.45) is 0 Å². The molecule has 0 spiro atoms. The van der Waals surface area contributed by atoms with Crippen LogP contribution in [-0.2, 0) is 16.2 Å². The molecule has 3 aliphatic rings. The van der Waals surface area contributed by atoms with Crippen molar-refractivity contribution in [3.05, 3.63) is 222 Å². The molecule has 0 aromatic heterocycles. The molecule has 0 radical (unpaired) electrons. The summed E-state index contributed by atoms with van der Waals surface area (Å²) in [6.45, 7) is 18.7. The normalized spacial score (nSPS) is 14.2. The number of fused-ring (bicyclic) bond motifs is 7. The fraction of sp³-hybridized carbons (Fsp3) is 0.169. The second-order valence-corrected chi connectivity index (χ2v) is 21.8. The Morgan fingerprint density at radius 1 is 0.368 bits per heavy atom. The highest BCUT2D eigenvalue weighted by molar-refractivity contribution is 7.00. The van der Waals surface area contributed by atoms with Crippen LogP contribution in [0.3, 0.4) is 0 Å². The van der Waals surface area contributed by atoms with Gasteiger partial charge in [-0.25, -0.2) is 0 Å². The van der Waals surface area contributed by atoms with Crippen LogP contribution >= 0.6 is 0 Å². The number of anilines is 6. The van der Waals surface area contributed by atoms with E-state index in [0.717, 1.165) is 5.69 Å². The van der Waals surface area contributed by atoms with Gasteiger partial charge in [-0.1, -0.05) is 207 Å². The molecular formula is C65H57BN2.